The molecule has 1 heterocycles. The van der Waals surface area contributed by atoms with Crippen LogP contribution >= 0.6 is 0 Å². The van der Waals surface area contributed by atoms with Crippen molar-refractivity contribution in [3.63, 3.8) is 0 Å². The van der Waals surface area contributed by atoms with Crippen molar-refractivity contribution in [1.82, 2.24) is 5.32 Å². The number of hydrogen-bond donors (Lipinski definition) is 4. The Balaban J connectivity index is 1.85. The lowest BCUT2D eigenvalue weighted by Gasteiger charge is -2.41. The summed E-state index contributed by atoms with van der Waals surface area (Å²) < 4.78 is 5.58. The zero-order valence-corrected chi connectivity index (χ0v) is 13.2. The minimum atomic E-state index is -1.04. The number of aliphatic hydroxyl groups excluding tert-OH is 3. The molecule has 1 fully saturated rings. The smallest absolute Gasteiger partial charge is 0.109 e. The Morgan fingerprint density at radius 3 is 2.50 bits per heavy atom. The Morgan fingerprint density at radius 1 is 1.18 bits per heavy atom. The number of aliphatic hydroxyl groups is 3. The summed E-state index contributed by atoms with van der Waals surface area (Å²) in [6.45, 7) is 4.24. The second-order valence-corrected chi connectivity index (χ2v) is 6.21. The van der Waals surface area contributed by atoms with Crippen LogP contribution in [0.5, 0.6) is 0 Å². The summed E-state index contributed by atoms with van der Waals surface area (Å²) in [6, 6.07) is 10.5. The van der Waals surface area contributed by atoms with E-state index < -0.39 is 18.3 Å². The van der Waals surface area contributed by atoms with Crippen molar-refractivity contribution in [2.24, 2.45) is 5.92 Å². The average Bonchev–Trinajstić information content (AvgIpc) is 2.51. The first-order chi connectivity index (χ1) is 10.5. The van der Waals surface area contributed by atoms with E-state index in [1.807, 2.05) is 25.1 Å². The fourth-order valence-electron chi connectivity index (χ4n) is 3.02. The maximum Gasteiger partial charge on any atom is 0.109 e. The van der Waals surface area contributed by atoms with Crippen LogP contribution in [0.15, 0.2) is 30.3 Å². The normalized spacial score (nSPS) is 33.6. The highest BCUT2D eigenvalue weighted by Gasteiger charge is 2.41. The molecule has 1 aliphatic rings. The quantitative estimate of drug-likeness (QED) is 0.609. The van der Waals surface area contributed by atoms with E-state index >= 15 is 0 Å². The zero-order chi connectivity index (χ0) is 16.1. The first-order valence-corrected chi connectivity index (χ1v) is 7.92. The fourth-order valence-corrected chi connectivity index (χ4v) is 3.02. The van der Waals surface area contributed by atoms with E-state index in [4.69, 9.17) is 9.84 Å². The van der Waals surface area contributed by atoms with Crippen molar-refractivity contribution < 1.29 is 20.1 Å². The molecule has 0 radical (unpaired) electrons. The van der Waals surface area contributed by atoms with Gasteiger partial charge in [-0.1, -0.05) is 30.3 Å². The summed E-state index contributed by atoms with van der Waals surface area (Å²) in [7, 11) is 0. The molecule has 0 bridgehead atoms. The Kier molecular flexibility index (Phi) is 6.35. The number of nitrogens with one attached hydrogen (secondary N) is 1. The van der Waals surface area contributed by atoms with Crippen molar-refractivity contribution in [3.05, 3.63) is 35.9 Å². The molecule has 5 heteroatoms. The lowest BCUT2D eigenvalue weighted by atomic mass is 9.87. The molecular weight excluding hydrogens is 282 g/mol. The van der Waals surface area contributed by atoms with E-state index in [9.17, 15) is 10.2 Å². The SMILES string of the molecule is CC(Cc1ccccc1)NCC1C(C)O[C@H](CO)[C@@H](O)[C@@H]1O. The van der Waals surface area contributed by atoms with Crippen LogP contribution in [-0.4, -0.2) is 58.9 Å². The van der Waals surface area contributed by atoms with Gasteiger partial charge < -0.3 is 25.4 Å². The van der Waals surface area contributed by atoms with Gasteiger partial charge in [-0.2, -0.15) is 0 Å². The van der Waals surface area contributed by atoms with E-state index in [1.54, 1.807) is 0 Å². The number of benzene rings is 1. The van der Waals surface area contributed by atoms with E-state index in [-0.39, 0.29) is 24.7 Å². The molecule has 5 nitrogen and oxygen atoms in total. The third kappa shape index (κ3) is 4.27. The van der Waals surface area contributed by atoms with Crippen LogP contribution in [0, 0.1) is 5.92 Å². The van der Waals surface area contributed by atoms with Gasteiger partial charge in [0.2, 0.25) is 0 Å². The van der Waals surface area contributed by atoms with Crippen LogP contribution in [0.25, 0.3) is 0 Å². The van der Waals surface area contributed by atoms with Gasteiger partial charge in [0.1, 0.15) is 12.2 Å². The highest BCUT2D eigenvalue weighted by molar-refractivity contribution is 5.15. The summed E-state index contributed by atoms with van der Waals surface area (Å²) in [4.78, 5) is 0. The minimum Gasteiger partial charge on any atom is -0.394 e. The highest BCUT2D eigenvalue weighted by Crippen LogP contribution is 2.25. The molecule has 1 aromatic rings. The zero-order valence-electron chi connectivity index (χ0n) is 13.2. The minimum absolute atomic E-state index is 0.198. The third-order valence-corrected chi connectivity index (χ3v) is 4.43. The Labute approximate surface area is 131 Å². The largest absolute Gasteiger partial charge is 0.394 e. The second kappa shape index (κ2) is 8.04. The van der Waals surface area contributed by atoms with Crippen molar-refractivity contribution in [2.75, 3.05) is 13.2 Å². The molecule has 1 aromatic carbocycles. The third-order valence-electron chi connectivity index (χ3n) is 4.43. The second-order valence-electron chi connectivity index (χ2n) is 6.21. The number of hydrogen-bond acceptors (Lipinski definition) is 5. The molecular formula is C17H27NO4. The van der Waals surface area contributed by atoms with Crippen molar-refractivity contribution >= 4 is 0 Å². The topological polar surface area (TPSA) is 82.0 Å². The van der Waals surface area contributed by atoms with Gasteiger partial charge in [-0.3, -0.25) is 0 Å². The van der Waals surface area contributed by atoms with Crippen LogP contribution in [0.2, 0.25) is 0 Å². The first kappa shape index (κ1) is 17.4. The van der Waals surface area contributed by atoms with E-state index in [2.05, 4.69) is 24.4 Å². The molecule has 124 valence electrons. The molecule has 0 saturated carbocycles. The molecule has 2 rings (SSSR count). The monoisotopic (exact) mass is 309 g/mol. The molecule has 3 unspecified atom stereocenters. The van der Waals surface area contributed by atoms with E-state index in [0.717, 1.165) is 6.42 Å². The molecule has 22 heavy (non-hydrogen) atoms. The van der Waals surface area contributed by atoms with Crippen LogP contribution in [-0.2, 0) is 11.2 Å². The summed E-state index contributed by atoms with van der Waals surface area (Å²) in [5.74, 6) is -0.198. The molecule has 0 amide bonds. The van der Waals surface area contributed by atoms with Gasteiger partial charge in [0.05, 0.1) is 18.8 Å². The Bertz CT molecular complexity index is 442. The molecule has 4 N–H and O–H groups in total. The van der Waals surface area contributed by atoms with Gasteiger partial charge >= 0.3 is 0 Å². The summed E-state index contributed by atoms with van der Waals surface area (Å²) in [5, 5.41) is 32.7. The maximum atomic E-state index is 10.2. The van der Waals surface area contributed by atoms with Crippen LogP contribution < -0.4 is 5.32 Å². The Morgan fingerprint density at radius 2 is 1.86 bits per heavy atom. The first-order valence-electron chi connectivity index (χ1n) is 7.92. The lowest BCUT2D eigenvalue weighted by Crippen LogP contribution is -2.57. The number of ether oxygens (including phenoxy) is 1. The fraction of sp³-hybridized carbons (Fsp3) is 0.647. The van der Waals surface area contributed by atoms with E-state index in [1.165, 1.54) is 5.56 Å². The molecule has 0 aromatic heterocycles. The van der Waals surface area contributed by atoms with Crippen molar-refractivity contribution in [2.45, 2.75) is 50.7 Å². The average molecular weight is 309 g/mol. The van der Waals surface area contributed by atoms with Crippen LogP contribution in [0.4, 0.5) is 0 Å². The van der Waals surface area contributed by atoms with Crippen molar-refractivity contribution in [1.29, 1.82) is 0 Å². The lowest BCUT2D eigenvalue weighted by molar-refractivity contribution is -0.203. The molecule has 0 spiro atoms. The standard InChI is InChI=1S/C17H27NO4/c1-11(8-13-6-4-3-5-7-13)18-9-14-12(2)22-15(10-19)17(21)16(14)20/h3-7,11-12,14-21H,8-10H2,1-2H3/t11?,12?,14?,15-,16-,17-/m1/s1. The molecule has 0 aliphatic carbocycles. The van der Waals surface area contributed by atoms with Gasteiger partial charge in [0.15, 0.2) is 0 Å². The maximum absolute atomic E-state index is 10.2. The highest BCUT2D eigenvalue weighted by atomic mass is 16.5. The van der Waals surface area contributed by atoms with Crippen molar-refractivity contribution in [3.8, 4) is 0 Å². The predicted octanol–water partition coefficient (Wildman–Crippen LogP) is 0.325. The van der Waals surface area contributed by atoms with Crippen LogP contribution in [0.1, 0.15) is 19.4 Å². The molecule has 6 atom stereocenters. The predicted molar refractivity (Wildman–Crippen MR) is 84.5 cm³/mol. The van der Waals surface area contributed by atoms with Gasteiger partial charge in [-0.05, 0) is 25.8 Å². The summed E-state index contributed by atoms with van der Waals surface area (Å²) in [5.41, 5.74) is 1.26. The van der Waals surface area contributed by atoms with Crippen LogP contribution in [0.3, 0.4) is 0 Å². The van der Waals surface area contributed by atoms with Gasteiger partial charge in [0.25, 0.3) is 0 Å². The number of rotatable bonds is 6. The summed E-state index contributed by atoms with van der Waals surface area (Å²) >= 11 is 0. The molecule has 1 saturated heterocycles. The van der Waals surface area contributed by atoms with Gasteiger partial charge in [-0.15, -0.1) is 0 Å². The van der Waals surface area contributed by atoms with Gasteiger partial charge in [0, 0.05) is 18.5 Å². The summed E-state index contributed by atoms with van der Waals surface area (Å²) in [6.07, 6.45) is -1.95. The Hall–Kier alpha value is -0.980. The van der Waals surface area contributed by atoms with Gasteiger partial charge in [-0.25, -0.2) is 0 Å². The van der Waals surface area contributed by atoms with E-state index in [0.29, 0.717) is 6.54 Å². The molecule has 1 aliphatic heterocycles.